The van der Waals surface area contributed by atoms with Crippen LogP contribution in [0.5, 0.6) is 5.75 Å². The molecule has 8 heteroatoms. The molecule has 0 bridgehead atoms. The summed E-state index contributed by atoms with van der Waals surface area (Å²) in [4.78, 5) is 31.7. The number of carbonyl (C=O) groups is 2. The molecule has 2 aliphatic heterocycles. The van der Waals surface area contributed by atoms with E-state index in [1.807, 2.05) is 41.8 Å². The van der Waals surface area contributed by atoms with E-state index in [0.717, 1.165) is 30.4 Å². The van der Waals surface area contributed by atoms with Crippen molar-refractivity contribution in [2.45, 2.75) is 37.8 Å². The third-order valence-electron chi connectivity index (χ3n) is 6.97. The molecule has 5 rings (SSSR count). The lowest BCUT2D eigenvalue weighted by Crippen LogP contribution is -2.49. The van der Waals surface area contributed by atoms with Crippen LogP contribution in [0.4, 0.5) is 4.39 Å². The Morgan fingerprint density at radius 2 is 1.92 bits per heavy atom. The van der Waals surface area contributed by atoms with Gasteiger partial charge < -0.3 is 19.3 Å². The van der Waals surface area contributed by atoms with Crippen molar-refractivity contribution in [2.24, 2.45) is 0 Å². The largest absolute Gasteiger partial charge is 0.488 e. The van der Waals surface area contributed by atoms with Gasteiger partial charge in [0.15, 0.2) is 11.6 Å². The Labute approximate surface area is 220 Å². The maximum absolute atomic E-state index is 14.2. The molecule has 0 spiro atoms. The molecule has 2 atom stereocenters. The van der Waals surface area contributed by atoms with Crippen molar-refractivity contribution < 1.29 is 23.5 Å². The first kappa shape index (κ1) is 25.4. The van der Waals surface area contributed by atoms with Gasteiger partial charge in [-0.2, -0.15) is 0 Å². The van der Waals surface area contributed by atoms with Gasteiger partial charge in [-0.3, -0.25) is 9.59 Å². The summed E-state index contributed by atoms with van der Waals surface area (Å²) in [7, 11) is 0. The molecule has 2 aliphatic rings. The minimum Gasteiger partial charge on any atom is -0.488 e. The number of ether oxygens (including phenoxy) is 2. The Hall–Kier alpha value is -3.23. The molecule has 37 heavy (non-hydrogen) atoms. The van der Waals surface area contributed by atoms with Crippen molar-refractivity contribution >= 4 is 23.2 Å². The first-order valence-electron chi connectivity index (χ1n) is 12.7. The fourth-order valence-electron chi connectivity index (χ4n) is 5.03. The van der Waals surface area contributed by atoms with Gasteiger partial charge in [-0.05, 0) is 54.0 Å². The van der Waals surface area contributed by atoms with Crippen molar-refractivity contribution in [3.63, 3.8) is 0 Å². The Morgan fingerprint density at radius 1 is 1.11 bits per heavy atom. The molecule has 2 aromatic carbocycles. The first-order valence-corrected chi connectivity index (χ1v) is 13.6. The quantitative estimate of drug-likeness (QED) is 0.411. The summed E-state index contributed by atoms with van der Waals surface area (Å²) in [5.74, 6) is -0.507. The normalized spacial score (nSPS) is 18.9. The zero-order chi connectivity index (χ0) is 25.6. The molecule has 3 aromatic rings. The molecule has 0 N–H and O–H groups in total. The fourth-order valence-corrected chi connectivity index (χ4v) is 5.96. The Balaban J connectivity index is 1.32. The van der Waals surface area contributed by atoms with Crippen LogP contribution in [-0.2, 0) is 27.2 Å². The highest BCUT2D eigenvalue weighted by Crippen LogP contribution is 2.34. The minimum atomic E-state index is -0.434. The summed E-state index contributed by atoms with van der Waals surface area (Å²) in [6, 6.07) is 17.5. The van der Waals surface area contributed by atoms with Crippen LogP contribution < -0.4 is 4.74 Å². The van der Waals surface area contributed by atoms with Crippen LogP contribution >= 0.6 is 11.3 Å². The highest BCUT2D eigenvalue weighted by molar-refractivity contribution is 7.10. The van der Waals surface area contributed by atoms with Crippen LogP contribution in [0.1, 0.15) is 34.9 Å². The number of nitrogens with zero attached hydrogens (tertiary/aromatic N) is 2. The van der Waals surface area contributed by atoms with Gasteiger partial charge in [0.1, 0.15) is 6.61 Å². The van der Waals surface area contributed by atoms with E-state index in [0.29, 0.717) is 19.7 Å². The van der Waals surface area contributed by atoms with Gasteiger partial charge in [-0.1, -0.05) is 42.5 Å². The van der Waals surface area contributed by atoms with Crippen molar-refractivity contribution in [2.75, 3.05) is 32.8 Å². The van der Waals surface area contributed by atoms with Crippen LogP contribution in [-0.4, -0.2) is 60.6 Å². The number of fused-ring (bicyclic) bond motifs is 1. The molecule has 0 saturated carbocycles. The molecule has 3 heterocycles. The molecule has 1 aromatic heterocycles. The van der Waals surface area contributed by atoms with Crippen LogP contribution in [0, 0.1) is 5.82 Å². The van der Waals surface area contributed by atoms with E-state index in [9.17, 15) is 14.0 Å². The van der Waals surface area contributed by atoms with Crippen LogP contribution in [0.25, 0.3) is 0 Å². The molecule has 0 radical (unpaired) electrons. The van der Waals surface area contributed by atoms with Crippen molar-refractivity contribution in [1.82, 2.24) is 9.80 Å². The van der Waals surface area contributed by atoms with E-state index in [4.69, 9.17) is 9.47 Å². The number of thiophene rings is 1. The summed E-state index contributed by atoms with van der Waals surface area (Å²) < 4.78 is 25.9. The molecule has 0 unspecified atom stereocenters. The van der Waals surface area contributed by atoms with Gasteiger partial charge in [0, 0.05) is 24.6 Å². The summed E-state index contributed by atoms with van der Waals surface area (Å²) >= 11 is 1.66. The molecule has 1 saturated heterocycles. The van der Waals surface area contributed by atoms with Gasteiger partial charge in [0.25, 0.3) is 0 Å². The Bertz CT molecular complexity index is 1210. The van der Waals surface area contributed by atoms with Gasteiger partial charge in [-0.15, -0.1) is 11.3 Å². The smallest absolute Gasteiger partial charge is 0.242 e. The molecule has 0 aliphatic carbocycles. The topological polar surface area (TPSA) is 59.1 Å². The zero-order valence-electron chi connectivity index (χ0n) is 20.7. The maximum Gasteiger partial charge on any atom is 0.242 e. The SMILES string of the molecule is O=C(Cc1ccccc1)N(CC(=O)N1CCc2sccc2[C@@H]1COc1ccccc1F)C[C@@H]1CCCO1. The molecule has 2 amide bonds. The molecule has 6 nitrogen and oxygen atoms in total. The predicted molar refractivity (Wildman–Crippen MR) is 140 cm³/mol. The number of rotatable bonds is 9. The van der Waals surface area contributed by atoms with Crippen molar-refractivity contribution in [3.05, 3.63) is 87.9 Å². The molecular formula is C29H31FN2O4S. The monoisotopic (exact) mass is 522 g/mol. The number of hydrogen-bond donors (Lipinski definition) is 0. The number of halogens is 1. The van der Waals surface area contributed by atoms with E-state index in [2.05, 4.69) is 0 Å². The number of benzene rings is 2. The Morgan fingerprint density at radius 3 is 2.70 bits per heavy atom. The van der Waals surface area contributed by atoms with E-state index < -0.39 is 5.82 Å². The van der Waals surface area contributed by atoms with E-state index in [-0.39, 0.29) is 49.3 Å². The van der Waals surface area contributed by atoms with Crippen molar-refractivity contribution in [1.29, 1.82) is 0 Å². The average molecular weight is 523 g/mol. The van der Waals surface area contributed by atoms with E-state index in [1.54, 1.807) is 39.3 Å². The second-order valence-electron chi connectivity index (χ2n) is 9.47. The number of para-hydroxylation sites is 1. The van der Waals surface area contributed by atoms with Gasteiger partial charge in [0.05, 0.1) is 25.1 Å². The molecule has 194 valence electrons. The number of amides is 2. The highest BCUT2D eigenvalue weighted by atomic mass is 32.1. The third kappa shape index (κ3) is 6.19. The summed E-state index contributed by atoms with van der Waals surface area (Å²) in [5, 5.41) is 2.02. The van der Waals surface area contributed by atoms with Crippen LogP contribution in [0.2, 0.25) is 0 Å². The zero-order valence-corrected chi connectivity index (χ0v) is 21.5. The second-order valence-corrected chi connectivity index (χ2v) is 10.5. The lowest BCUT2D eigenvalue weighted by Gasteiger charge is -2.37. The van der Waals surface area contributed by atoms with E-state index in [1.165, 1.54) is 10.9 Å². The van der Waals surface area contributed by atoms with E-state index >= 15 is 0 Å². The number of hydrogen-bond acceptors (Lipinski definition) is 5. The van der Waals surface area contributed by atoms with Crippen LogP contribution in [0.15, 0.2) is 66.0 Å². The second kappa shape index (κ2) is 11.9. The first-order chi connectivity index (χ1) is 18.1. The molecule has 1 fully saturated rings. The number of carbonyl (C=O) groups excluding carboxylic acids is 2. The summed E-state index contributed by atoms with van der Waals surface area (Å²) in [6.45, 7) is 1.72. The summed E-state index contributed by atoms with van der Waals surface area (Å²) in [6.07, 6.45) is 2.76. The fraction of sp³-hybridized carbons (Fsp3) is 0.379. The van der Waals surface area contributed by atoms with Gasteiger partial charge >= 0.3 is 0 Å². The van der Waals surface area contributed by atoms with Gasteiger partial charge in [0.2, 0.25) is 11.8 Å². The lowest BCUT2D eigenvalue weighted by atomic mass is 10.00. The highest BCUT2D eigenvalue weighted by Gasteiger charge is 2.34. The van der Waals surface area contributed by atoms with Gasteiger partial charge in [-0.25, -0.2) is 4.39 Å². The van der Waals surface area contributed by atoms with Crippen LogP contribution in [0.3, 0.4) is 0 Å². The molecular weight excluding hydrogens is 491 g/mol. The lowest BCUT2D eigenvalue weighted by molar-refractivity contribution is -0.143. The van der Waals surface area contributed by atoms with Crippen molar-refractivity contribution in [3.8, 4) is 5.75 Å². The third-order valence-corrected chi connectivity index (χ3v) is 7.97. The predicted octanol–water partition coefficient (Wildman–Crippen LogP) is 4.64. The standard InChI is InChI=1S/C29H31FN2O4S/c30-24-10-4-5-11-26(24)36-20-25-23-13-16-37-27(23)12-14-32(25)29(34)19-31(18-22-9-6-15-35-22)28(33)17-21-7-2-1-3-8-21/h1-5,7-8,10-11,13,16,22,25H,6,9,12,14-15,17-20H2/t22-,25-/m0/s1. The minimum absolute atomic E-state index is 0.0266. The maximum atomic E-state index is 14.2. The summed E-state index contributed by atoms with van der Waals surface area (Å²) in [5.41, 5.74) is 1.94. The average Bonchev–Trinajstić information content (AvgIpc) is 3.60. The Kier molecular flexibility index (Phi) is 8.16.